The molecule has 0 fully saturated rings. The van der Waals surface area contributed by atoms with Crippen LogP contribution >= 0.6 is 23.1 Å². The monoisotopic (exact) mass is 410 g/mol. The summed E-state index contributed by atoms with van der Waals surface area (Å²) in [7, 11) is 0. The van der Waals surface area contributed by atoms with Crippen molar-refractivity contribution in [2.75, 3.05) is 17.7 Å². The second-order valence-corrected chi connectivity index (χ2v) is 8.33. The Labute approximate surface area is 171 Å². The molecule has 1 amide bonds. The maximum Gasteiger partial charge on any atom is 0.236 e. The topological polar surface area (TPSA) is 87.9 Å². The summed E-state index contributed by atoms with van der Waals surface area (Å²) in [4.78, 5) is 21.4. The molecule has 1 aliphatic rings. The summed E-state index contributed by atoms with van der Waals surface area (Å²) in [6.07, 6.45) is 2.99. The van der Waals surface area contributed by atoms with Gasteiger partial charge >= 0.3 is 0 Å². The third-order valence-electron chi connectivity index (χ3n) is 4.39. The number of benzene rings is 1. The van der Waals surface area contributed by atoms with Crippen LogP contribution in [0.15, 0.2) is 29.3 Å². The fourth-order valence-corrected chi connectivity index (χ4v) is 4.83. The highest BCUT2D eigenvalue weighted by Gasteiger charge is 2.18. The molecule has 1 aromatic carbocycles. The average molecular weight is 411 g/mol. The van der Waals surface area contributed by atoms with Crippen molar-refractivity contribution in [3.8, 4) is 11.8 Å². The van der Waals surface area contributed by atoms with Crippen molar-refractivity contribution in [3.63, 3.8) is 0 Å². The summed E-state index contributed by atoms with van der Waals surface area (Å²) in [5.74, 6) is 0.805. The minimum atomic E-state index is -0.166. The van der Waals surface area contributed by atoms with Gasteiger partial charge in [-0.25, -0.2) is 9.97 Å². The fraction of sp³-hybridized carbons (Fsp3) is 0.300. The molecule has 1 aliphatic carbocycles. The summed E-state index contributed by atoms with van der Waals surface area (Å²) >= 11 is 2.70. The first kappa shape index (κ1) is 18.7. The first-order valence-electron chi connectivity index (χ1n) is 9.05. The van der Waals surface area contributed by atoms with Crippen LogP contribution in [0.25, 0.3) is 10.2 Å². The van der Waals surface area contributed by atoms with Gasteiger partial charge in [0.15, 0.2) is 5.13 Å². The number of rotatable bonds is 6. The van der Waals surface area contributed by atoms with Crippen LogP contribution in [-0.4, -0.2) is 28.2 Å². The van der Waals surface area contributed by atoms with E-state index in [1.165, 1.54) is 23.1 Å². The minimum Gasteiger partial charge on any atom is -0.494 e. The van der Waals surface area contributed by atoms with Crippen LogP contribution in [0.2, 0.25) is 0 Å². The van der Waals surface area contributed by atoms with Crippen molar-refractivity contribution >= 4 is 44.4 Å². The molecular weight excluding hydrogens is 392 g/mol. The van der Waals surface area contributed by atoms with Gasteiger partial charge in [0, 0.05) is 5.69 Å². The van der Waals surface area contributed by atoms with Gasteiger partial charge in [-0.2, -0.15) is 5.26 Å². The number of pyridine rings is 1. The number of thiazole rings is 1. The molecule has 0 saturated heterocycles. The molecule has 0 unspecified atom stereocenters. The number of hydrogen-bond acceptors (Lipinski definition) is 7. The van der Waals surface area contributed by atoms with Gasteiger partial charge in [0.1, 0.15) is 16.8 Å². The fourth-order valence-electron chi connectivity index (χ4n) is 3.15. The van der Waals surface area contributed by atoms with E-state index in [0.717, 1.165) is 46.5 Å². The van der Waals surface area contributed by atoms with Crippen molar-refractivity contribution in [2.24, 2.45) is 0 Å². The quantitative estimate of drug-likeness (QED) is 0.613. The van der Waals surface area contributed by atoms with Crippen LogP contribution < -0.4 is 10.1 Å². The Hall–Kier alpha value is -2.63. The van der Waals surface area contributed by atoms with Crippen LogP contribution in [0.1, 0.15) is 30.2 Å². The van der Waals surface area contributed by atoms with Crippen LogP contribution in [-0.2, 0) is 17.6 Å². The van der Waals surface area contributed by atoms with Gasteiger partial charge < -0.3 is 10.1 Å². The zero-order chi connectivity index (χ0) is 19.5. The van der Waals surface area contributed by atoms with Crippen molar-refractivity contribution in [1.82, 2.24) is 9.97 Å². The maximum absolute atomic E-state index is 12.4. The van der Waals surface area contributed by atoms with E-state index in [2.05, 4.69) is 21.4 Å². The second kappa shape index (κ2) is 8.17. The lowest BCUT2D eigenvalue weighted by atomic mass is 10.2. The van der Waals surface area contributed by atoms with E-state index in [4.69, 9.17) is 4.74 Å². The van der Waals surface area contributed by atoms with E-state index in [1.807, 2.05) is 31.2 Å². The smallest absolute Gasteiger partial charge is 0.236 e. The number of ether oxygens (including phenoxy) is 1. The van der Waals surface area contributed by atoms with Crippen molar-refractivity contribution in [3.05, 3.63) is 41.1 Å². The second-order valence-electron chi connectivity index (χ2n) is 6.33. The van der Waals surface area contributed by atoms with Gasteiger partial charge in [-0.3, -0.25) is 4.79 Å². The molecule has 0 atom stereocenters. The van der Waals surface area contributed by atoms with Gasteiger partial charge in [0.05, 0.1) is 28.1 Å². The van der Waals surface area contributed by atoms with E-state index in [1.54, 1.807) is 0 Å². The largest absolute Gasteiger partial charge is 0.494 e. The van der Waals surface area contributed by atoms with Crippen LogP contribution in [0, 0.1) is 11.3 Å². The molecule has 2 aromatic heterocycles. The van der Waals surface area contributed by atoms with E-state index >= 15 is 0 Å². The van der Waals surface area contributed by atoms with Gasteiger partial charge in [-0.05, 0) is 56.0 Å². The number of aromatic nitrogens is 2. The van der Waals surface area contributed by atoms with Gasteiger partial charge in [-0.1, -0.05) is 23.1 Å². The Morgan fingerprint density at radius 3 is 3.07 bits per heavy atom. The lowest BCUT2D eigenvalue weighted by Crippen LogP contribution is -2.14. The Kier molecular flexibility index (Phi) is 5.46. The standard InChI is InChI=1S/C20H18N4O2S2/c1-2-26-14-6-7-16-17(9-14)28-20(23-16)24-18(25)11-27-19-13(10-21)8-12-4-3-5-15(12)22-19/h6-9H,2-5,11H2,1H3,(H,23,24,25). The number of thioether (sulfide) groups is 1. The highest BCUT2D eigenvalue weighted by atomic mass is 32.2. The zero-order valence-corrected chi connectivity index (χ0v) is 17.0. The van der Waals surface area contributed by atoms with Crippen molar-refractivity contribution in [2.45, 2.75) is 31.2 Å². The normalized spacial score (nSPS) is 12.6. The Morgan fingerprint density at radius 2 is 2.25 bits per heavy atom. The molecule has 0 spiro atoms. The van der Waals surface area contributed by atoms with Crippen LogP contribution in [0.4, 0.5) is 5.13 Å². The molecule has 0 bridgehead atoms. The number of aryl methyl sites for hydroxylation is 2. The third-order valence-corrected chi connectivity index (χ3v) is 6.32. The zero-order valence-electron chi connectivity index (χ0n) is 15.3. The summed E-state index contributed by atoms with van der Waals surface area (Å²) in [6, 6.07) is 9.79. The number of anilines is 1. The number of nitriles is 1. The molecule has 4 rings (SSSR count). The molecule has 8 heteroatoms. The lowest BCUT2D eigenvalue weighted by molar-refractivity contribution is -0.113. The van der Waals surface area contributed by atoms with Crippen LogP contribution in [0.5, 0.6) is 5.75 Å². The molecular formula is C20H18N4O2S2. The Balaban J connectivity index is 1.42. The molecule has 6 nitrogen and oxygen atoms in total. The summed E-state index contributed by atoms with van der Waals surface area (Å²) in [5.41, 5.74) is 3.58. The van der Waals surface area contributed by atoms with Crippen LogP contribution in [0.3, 0.4) is 0 Å². The molecule has 3 aromatic rings. The highest BCUT2D eigenvalue weighted by molar-refractivity contribution is 8.00. The molecule has 0 saturated carbocycles. The van der Waals surface area contributed by atoms with E-state index in [0.29, 0.717) is 22.3 Å². The van der Waals surface area contributed by atoms with Gasteiger partial charge in [0.2, 0.25) is 5.91 Å². The number of carbonyl (C=O) groups is 1. The molecule has 1 N–H and O–H groups in total. The Bertz CT molecular complexity index is 1090. The summed E-state index contributed by atoms with van der Waals surface area (Å²) in [6.45, 7) is 2.54. The predicted octanol–water partition coefficient (Wildman–Crippen LogP) is 4.18. The molecule has 0 radical (unpaired) electrons. The molecule has 28 heavy (non-hydrogen) atoms. The molecule has 2 heterocycles. The Morgan fingerprint density at radius 1 is 1.36 bits per heavy atom. The highest BCUT2D eigenvalue weighted by Crippen LogP contribution is 2.30. The van der Waals surface area contributed by atoms with E-state index in [9.17, 15) is 10.1 Å². The number of hydrogen-bond donors (Lipinski definition) is 1. The van der Waals surface area contributed by atoms with Crippen molar-refractivity contribution in [1.29, 1.82) is 5.26 Å². The molecule has 0 aliphatic heterocycles. The first-order valence-corrected chi connectivity index (χ1v) is 10.9. The SMILES string of the molecule is CCOc1ccc2nc(NC(=O)CSc3nc4c(cc3C#N)CCC4)sc2c1. The van der Waals surface area contributed by atoms with E-state index < -0.39 is 0 Å². The number of fused-ring (bicyclic) bond motifs is 2. The number of nitrogens with zero attached hydrogens (tertiary/aromatic N) is 3. The summed E-state index contributed by atoms with van der Waals surface area (Å²) in [5, 5.41) is 13.4. The third kappa shape index (κ3) is 3.96. The average Bonchev–Trinajstić information content (AvgIpc) is 3.30. The molecule has 142 valence electrons. The number of amides is 1. The minimum absolute atomic E-state index is 0.166. The van der Waals surface area contributed by atoms with Gasteiger partial charge in [0.25, 0.3) is 0 Å². The first-order chi connectivity index (χ1) is 13.7. The number of carbonyl (C=O) groups excluding carboxylic acids is 1. The van der Waals surface area contributed by atoms with E-state index in [-0.39, 0.29) is 11.7 Å². The lowest BCUT2D eigenvalue weighted by Gasteiger charge is -2.06. The van der Waals surface area contributed by atoms with Gasteiger partial charge in [-0.15, -0.1) is 0 Å². The summed E-state index contributed by atoms with van der Waals surface area (Å²) < 4.78 is 6.46. The predicted molar refractivity (Wildman–Crippen MR) is 111 cm³/mol. The number of nitrogens with one attached hydrogen (secondary N) is 1. The van der Waals surface area contributed by atoms with Crippen molar-refractivity contribution < 1.29 is 9.53 Å². The maximum atomic E-state index is 12.4.